The van der Waals surface area contributed by atoms with Gasteiger partial charge < -0.3 is 0 Å². The predicted molar refractivity (Wildman–Crippen MR) is 167 cm³/mol. The van der Waals surface area contributed by atoms with Gasteiger partial charge in [0, 0.05) is 30.5 Å². The molecule has 37 heavy (non-hydrogen) atoms. The van der Waals surface area contributed by atoms with E-state index in [1.165, 1.54) is 85.8 Å². The van der Waals surface area contributed by atoms with Crippen molar-refractivity contribution in [1.29, 1.82) is 0 Å². The molecule has 2 heterocycles. The molecule has 4 aromatic rings. The second-order valence-corrected chi connectivity index (χ2v) is 14.0. The zero-order valence-electron chi connectivity index (χ0n) is 23.1. The van der Waals surface area contributed by atoms with Crippen LogP contribution in [0.3, 0.4) is 0 Å². The molecule has 0 nitrogen and oxygen atoms in total. The molecule has 0 spiro atoms. The molecule has 0 saturated heterocycles. The minimum absolute atomic E-state index is 0.0675. The Morgan fingerprint density at radius 2 is 1.51 bits per heavy atom. The first-order valence-electron chi connectivity index (χ1n) is 14.4. The van der Waals surface area contributed by atoms with Crippen molar-refractivity contribution in [3.05, 3.63) is 75.0 Å². The second-order valence-electron chi connectivity index (χ2n) is 11.8. The molecule has 0 N–H and O–H groups in total. The third kappa shape index (κ3) is 4.39. The summed E-state index contributed by atoms with van der Waals surface area (Å²) < 4.78 is 1.45. The van der Waals surface area contributed by atoms with E-state index in [0.717, 1.165) is 0 Å². The third-order valence-corrected chi connectivity index (χ3v) is 12.0. The van der Waals surface area contributed by atoms with Crippen LogP contribution < -0.4 is 10.4 Å². The zero-order valence-corrected chi connectivity index (χ0v) is 24.7. The third-order valence-electron chi connectivity index (χ3n) is 8.97. The van der Waals surface area contributed by atoms with E-state index in [1.807, 2.05) is 11.3 Å². The summed E-state index contributed by atoms with van der Waals surface area (Å²) in [5.74, 6) is 1.27. The Kier molecular flexibility index (Phi) is 6.78. The molecule has 0 radical (unpaired) electrons. The largest absolute Gasteiger partial charge is 0.138 e. The molecule has 4 atom stereocenters. The highest BCUT2D eigenvalue weighted by atomic mass is 32.2. The van der Waals surface area contributed by atoms with Crippen LogP contribution in [-0.2, 0) is 5.41 Å². The van der Waals surface area contributed by atoms with Crippen LogP contribution in [0.4, 0.5) is 0 Å². The Morgan fingerprint density at radius 3 is 2.24 bits per heavy atom. The van der Waals surface area contributed by atoms with Gasteiger partial charge in [0.05, 0.1) is 0 Å². The van der Waals surface area contributed by atoms with Gasteiger partial charge in [0.15, 0.2) is 0 Å². The molecule has 4 unspecified atom stereocenters. The number of fused-ring (bicyclic) bond motifs is 7. The minimum atomic E-state index is 0.0675. The van der Waals surface area contributed by atoms with Gasteiger partial charge in [-0.1, -0.05) is 102 Å². The monoisotopic (exact) mass is 524 g/mol. The van der Waals surface area contributed by atoms with E-state index in [1.54, 1.807) is 4.88 Å². The topological polar surface area (TPSA) is 0 Å². The lowest BCUT2D eigenvalue weighted by Gasteiger charge is -2.28. The van der Waals surface area contributed by atoms with Crippen LogP contribution in [0.1, 0.15) is 101 Å². The highest BCUT2D eigenvalue weighted by Crippen LogP contribution is 2.58. The fourth-order valence-corrected chi connectivity index (χ4v) is 9.58. The van der Waals surface area contributed by atoms with Crippen molar-refractivity contribution >= 4 is 56.1 Å². The van der Waals surface area contributed by atoms with Crippen LogP contribution in [0.5, 0.6) is 0 Å². The van der Waals surface area contributed by atoms with Crippen molar-refractivity contribution in [2.75, 3.05) is 0 Å². The summed E-state index contributed by atoms with van der Waals surface area (Å²) in [5, 5.41) is 7.55. The number of hydrogen-bond donors (Lipinski definition) is 0. The fraction of sp³-hybridized carbons (Fsp3) is 0.429. The summed E-state index contributed by atoms with van der Waals surface area (Å²) in [7, 11) is 0. The van der Waals surface area contributed by atoms with Crippen LogP contribution in [-0.4, -0.2) is 5.25 Å². The molecule has 6 rings (SSSR count). The van der Waals surface area contributed by atoms with Crippen molar-refractivity contribution in [3.63, 3.8) is 0 Å². The van der Waals surface area contributed by atoms with Gasteiger partial charge >= 0.3 is 0 Å². The van der Waals surface area contributed by atoms with Crippen LogP contribution in [0.2, 0.25) is 0 Å². The highest BCUT2D eigenvalue weighted by molar-refractivity contribution is 8.01. The van der Waals surface area contributed by atoms with Crippen molar-refractivity contribution in [2.45, 2.75) is 101 Å². The van der Waals surface area contributed by atoms with Gasteiger partial charge in [-0.2, -0.15) is 0 Å². The summed E-state index contributed by atoms with van der Waals surface area (Å²) in [6.45, 7) is 11.8. The molecule has 192 valence electrons. The van der Waals surface area contributed by atoms with Gasteiger partial charge in [-0.3, -0.25) is 0 Å². The molecule has 0 amide bonds. The maximum Gasteiger partial charge on any atom is 0.0421 e. The number of thioether (sulfide) groups is 1. The Hall–Kier alpha value is -2.03. The standard InChI is InChI=1S/C35H40S2/c1-6-8-10-22(3)24-12-14-26-18-30-31(19-28(26)16-24)36-34-33(30)37-32-20-29-17-25(23(4)11-9-7-2)13-15-27(29)21-35(32,34)5/h12-23,32H,6-11H2,1-5H3. The normalized spacial score (nSPS) is 21.7. The molecule has 1 aliphatic carbocycles. The number of hydrogen-bond acceptors (Lipinski definition) is 2. The highest BCUT2D eigenvalue weighted by Gasteiger charge is 2.44. The fourth-order valence-electron chi connectivity index (χ4n) is 6.36. The summed E-state index contributed by atoms with van der Waals surface area (Å²) in [6.07, 6.45) is 12.9. The molecule has 1 aliphatic heterocycles. The Labute approximate surface area is 230 Å². The van der Waals surface area contributed by atoms with Gasteiger partial charge in [0.2, 0.25) is 0 Å². The summed E-state index contributed by atoms with van der Waals surface area (Å²) >= 11 is 4.13. The number of benzene rings is 3. The van der Waals surface area contributed by atoms with E-state index < -0.39 is 0 Å². The predicted octanol–water partition coefficient (Wildman–Crippen LogP) is 9.65. The number of unbranched alkanes of at least 4 members (excludes halogenated alkanes) is 2. The van der Waals surface area contributed by atoms with E-state index in [0.29, 0.717) is 17.1 Å². The summed E-state index contributed by atoms with van der Waals surface area (Å²) in [6, 6.07) is 19.4. The average molecular weight is 525 g/mol. The molecular formula is C35H40S2. The summed E-state index contributed by atoms with van der Waals surface area (Å²) in [5.41, 5.74) is 3.05. The maximum absolute atomic E-state index is 2.58. The molecule has 3 aromatic carbocycles. The molecule has 0 fully saturated rings. The first-order chi connectivity index (χ1) is 17.9. The lowest BCUT2D eigenvalue weighted by molar-refractivity contribution is 0.623. The van der Waals surface area contributed by atoms with Crippen molar-refractivity contribution < 1.29 is 0 Å². The molecule has 2 aliphatic rings. The van der Waals surface area contributed by atoms with Crippen LogP contribution in [0, 0.1) is 0 Å². The first kappa shape index (κ1) is 25.3. The van der Waals surface area contributed by atoms with Crippen LogP contribution in [0.25, 0.3) is 33.0 Å². The molecule has 0 bridgehead atoms. The smallest absolute Gasteiger partial charge is 0.0421 e. The van der Waals surface area contributed by atoms with Gasteiger partial charge in [-0.05, 0) is 76.1 Å². The zero-order chi connectivity index (χ0) is 25.7. The van der Waals surface area contributed by atoms with E-state index in [9.17, 15) is 0 Å². The van der Waals surface area contributed by atoms with Gasteiger partial charge in [-0.25, -0.2) is 0 Å². The van der Waals surface area contributed by atoms with E-state index >= 15 is 0 Å². The molecule has 1 aromatic heterocycles. The lowest BCUT2D eigenvalue weighted by Crippen LogP contribution is -2.40. The van der Waals surface area contributed by atoms with E-state index in [-0.39, 0.29) is 5.41 Å². The number of rotatable bonds is 8. The van der Waals surface area contributed by atoms with Gasteiger partial charge in [0.25, 0.3) is 0 Å². The molecule has 0 saturated carbocycles. The van der Waals surface area contributed by atoms with E-state index in [2.05, 4.69) is 107 Å². The lowest BCUT2D eigenvalue weighted by atomic mass is 9.80. The summed E-state index contributed by atoms with van der Waals surface area (Å²) in [4.78, 5) is 3.08. The van der Waals surface area contributed by atoms with Crippen molar-refractivity contribution in [3.8, 4) is 0 Å². The molecular weight excluding hydrogens is 485 g/mol. The Bertz CT molecular complexity index is 1590. The SMILES string of the molecule is CCCCC(C)c1ccc2c(c1)=CC1Sc3c(sc4cc5cc(C(C)CCCC)ccc5cc34)C1(C)C=2. The van der Waals surface area contributed by atoms with Crippen molar-refractivity contribution in [2.24, 2.45) is 0 Å². The van der Waals surface area contributed by atoms with Gasteiger partial charge in [-0.15, -0.1) is 23.1 Å². The van der Waals surface area contributed by atoms with Crippen LogP contribution in [0.15, 0.2) is 53.4 Å². The average Bonchev–Trinajstić information content (AvgIpc) is 3.39. The molecule has 2 heteroatoms. The van der Waals surface area contributed by atoms with Gasteiger partial charge in [0.1, 0.15) is 0 Å². The quantitative estimate of drug-likeness (QED) is 0.221. The minimum Gasteiger partial charge on any atom is -0.138 e. The van der Waals surface area contributed by atoms with Crippen molar-refractivity contribution in [1.82, 2.24) is 0 Å². The van der Waals surface area contributed by atoms with Crippen LogP contribution >= 0.6 is 23.1 Å². The Balaban J connectivity index is 1.38. The Morgan fingerprint density at radius 1 is 0.811 bits per heavy atom. The van der Waals surface area contributed by atoms with E-state index in [4.69, 9.17) is 0 Å². The maximum atomic E-state index is 2.58. The first-order valence-corrected chi connectivity index (χ1v) is 16.1. The number of thiophene rings is 1. The second kappa shape index (κ2) is 9.93.